The molecule has 4 nitrogen and oxygen atoms in total. The van der Waals surface area contributed by atoms with Crippen LogP contribution in [0.4, 0.5) is 4.39 Å². The number of hydrogen-bond acceptors (Lipinski definition) is 3. The summed E-state index contributed by atoms with van der Waals surface area (Å²) in [4.78, 5) is 5.26. The largest absolute Gasteiger partial charge is 0.464 e. The van der Waals surface area contributed by atoms with Crippen LogP contribution in [0.15, 0.2) is 50.7 Å². The third-order valence-corrected chi connectivity index (χ3v) is 4.26. The van der Waals surface area contributed by atoms with Gasteiger partial charge in [-0.05, 0) is 50.2 Å². The molecule has 23 heavy (non-hydrogen) atoms. The highest BCUT2D eigenvalue weighted by molar-refractivity contribution is 7.99. The Kier molecular flexibility index (Phi) is 6.52. The zero-order valence-electron chi connectivity index (χ0n) is 13.6. The average Bonchev–Trinajstić information content (AvgIpc) is 2.98. The van der Waals surface area contributed by atoms with Gasteiger partial charge >= 0.3 is 0 Å². The van der Waals surface area contributed by atoms with Crippen molar-refractivity contribution >= 4 is 17.7 Å². The van der Waals surface area contributed by atoms with Crippen molar-refractivity contribution in [2.45, 2.75) is 24.8 Å². The lowest BCUT2D eigenvalue weighted by molar-refractivity contribution is 0.441. The monoisotopic (exact) mass is 335 g/mol. The molecule has 1 aromatic heterocycles. The Labute approximate surface area is 140 Å². The van der Waals surface area contributed by atoms with Crippen molar-refractivity contribution in [1.29, 1.82) is 0 Å². The van der Waals surface area contributed by atoms with E-state index in [4.69, 9.17) is 4.42 Å². The molecule has 0 aliphatic carbocycles. The minimum absolute atomic E-state index is 0.0413. The van der Waals surface area contributed by atoms with E-state index in [-0.39, 0.29) is 11.9 Å². The SMILES string of the molecule is CN=C(NCCSc1ccc(F)cc1)NC(C)c1ccc(C)o1. The van der Waals surface area contributed by atoms with Crippen molar-refractivity contribution in [3.8, 4) is 0 Å². The molecule has 0 fully saturated rings. The van der Waals surface area contributed by atoms with Crippen molar-refractivity contribution < 1.29 is 8.81 Å². The van der Waals surface area contributed by atoms with Gasteiger partial charge in [0.05, 0.1) is 6.04 Å². The number of guanidine groups is 1. The first-order valence-corrected chi connectivity index (χ1v) is 8.49. The van der Waals surface area contributed by atoms with E-state index >= 15 is 0 Å². The van der Waals surface area contributed by atoms with E-state index in [9.17, 15) is 4.39 Å². The standard InChI is InChI=1S/C17H22FN3OS/c1-12-4-9-16(22-12)13(2)21-17(19-3)20-10-11-23-15-7-5-14(18)6-8-15/h4-9,13H,10-11H2,1-3H3,(H2,19,20,21). The van der Waals surface area contributed by atoms with Gasteiger partial charge in [-0.2, -0.15) is 0 Å². The van der Waals surface area contributed by atoms with Gasteiger partial charge in [0.1, 0.15) is 17.3 Å². The quantitative estimate of drug-likeness (QED) is 0.365. The normalized spacial score (nSPS) is 13.0. The molecule has 0 bridgehead atoms. The van der Waals surface area contributed by atoms with Crippen LogP contribution >= 0.6 is 11.8 Å². The first-order valence-electron chi connectivity index (χ1n) is 7.50. The highest BCUT2D eigenvalue weighted by Crippen LogP contribution is 2.17. The van der Waals surface area contributed by atoms with Crippen molar-refractivity contribution in [1.82, 2.24) is 10.6 Å². The summed E-state index contributed by atoms with van der Waals surface area (Å²) in [5.74, 6) is 3.16. The predicted molar refractivity (Wildman–Crippen MR) is 93.5 cm³/mol. The Morgan fingerprint density at radius 3 is 2.61 bits per heavy atom. The van der Waals surface area contributed by atoms with E-state index in [1.807, 2.05) is 26.0 Å². The minimum atomic E-state index is -0.209. The highest BCUT2D eigenvalue weighted by Gasteiger charge is 2.10. The number of benzene rings is 1. The van der Waals surface area contributed by atoms with Crippen molar-refractivity contribution in [2.24, 2.45) is 4.99 Å². The van der Waals surface area contributed by atoms with Crippen LogP contribution in [0.1, 0.15) is 24.5 Å². The second-order valence-corrected chi connectivity index (χ2v) is 6.28. The van der Waals surface area contributed by atoms with Gasteiger partial charge in [0.25, 0.3) is 0 Å². The maximum absolute atomic E-state index is 12.8. The molecule has 1 heterocycles. The van der Waals surface area contributed by atoms with Gasteiger partial charge in [0, 0.05) is 24.2 Å². The van der Waals surface area contributed by atoms with Crippen LogP contribution in [0.3, 0.4) is 0 Å². The molecular formula is C17H22FN3OS. The molecule has 1 aromatic carbocycles. The molecule has 0 radical (unpaired) electrons. The Balaban J connectivity index is 1.73. The third-order valence-electron chi connectivity index (χ3n) is 3.24. The number of rotatable bonds is 6. The second-order valence-electron chi connectivity index (χ2n) is 5.12. The fraction of sp³-hybridized carbons (Fsp3) is 0.353. The van der Waals surface area contributed by atoms with Gasteiger partial charge in [0.15, 0.2) is 5.96 Å². The summed E-state index contributed by atoms with van der Waals surface area (Å²) in [7, 11) is 1.74. The summed E-state index contributed by atoms with van der Waals surface area (Å²) in [6.45, 7) is 4.71. The first-order chi connectivity index (χ1) is 11.1. The molecule has 0 aliphatic heterocycles. The van der Waals surface area contributed by atoms with Crippen LogP contribution in [0.5, 0.6) is 0 Å². The van der Waals surface area contributed by atoms with Gasteiger partial charge in [-0.1, -0.05) is 0 Å². The zero-order valence-corrected chi connectivity index (χ0v) is 14.4. The molecule has 1 unspecified atom stereocenters. The average molecular weight is 335 g/mol. The van der Waals surface area contributed by atoms with E-state index in [0.29, 0.717) is 0 Å². The number of halogens is 1. The molecule has 1 atom stereocenters. The van der Waals surface area contributed by atoms with E-state index in [1.165, 1.54) is 12.1 Å². The Morgan fingerprint density at radius 2 is 2.00 bits per heavy atom. The summed E-state index contributed by atoms with van der Waals surface area (Å²) < 4.78 is 18.4. The van der Waals surface area contributed by atoms with Crippen LogP contribution in [-0.2, 0) is 0 Å². The Hall–Kier alpha value is -1.95. The number of nitrogens with one attached hydrogen (secondary N) is 2. The first kappa shape index (κ1) is 17.4. The van der Waals surface area contributed by atoms with Gasteiger partial charge in [-0.15, -0.1) is 11.8 Å². The van der Waals surface area contributed by atoms with Crippen molar-refractivity contribution in [2.75, 3.05) is 19.3 Å². The third kappa shape index (κ3) is 5.63. The van der Waals surface area contributed by atoms with Crippen LogP contribution < -0.4 is 10.6 Å². The van der Waals surface area contributed by atoms with Crippen LogP contribution in [0.2, 0.25) is 0 Å². The highest BCUT2D eigenvalue weighted by atomic mass is 32.2. The van der Waals surface area contributed by atoms with Crippen LogP contribution in [-0.4, -0.2) is 25.3 Å². The molecule has 0 aliphatic rings. The number of hydrogen-bond donors (Lipinski definition) is 2. The number of nitrogens with zero attached hydrogens (tertiary/aromatic N) is 1. The van der Waals surface area contributed by atoms with Gasteiger partial charge < -0.3 is 15.1 Å². The summed E-state index contributed by atoms with van der Waals surface area (Å²) in [6.07, 6.45) is 0. The summed E-state index contributed by atoms with van der Waals surface area (Å²) in [5, 5.41) is 6.55. The van der Waals surface area contributed by atoms with Gasteiger partial charge in [-0.3, -0.25) is 4.99 Å². The molecule has 0 saturated heterocycles. The van der Waals surface area contributed by atoms with Gasteiger partial charge in [-0.25, -0.2) is 4.39 Å². The van der Waals surface area contributed by atoms with Crippen LogP contribution in [0, 0.1) is 12.7 Å². The Morgan fingerprint density at radius 1 is 1.26 bits per heavy atom. The number of aliphatic imine (C=N–C) groups is 1. The molecule has 2 aromatic rings. The van der Waals surface area contributed by atoms with Crippen molar-refractivity contribution in [3.05, 3.63) is 53.7 Å². The predicted octanol–water partition coefficient (Wildman–Crippen LogP) is 3.75. The molecule has 124 valence electrons. The van der Waals surface area contributed by atoms with E-state index in [0.717, 1.165) is 34.7 Å². The number of thioether (sulfide) groups is 1. The molecule has 6 heteroatoms. The summed E-state index contributed by atoms with van der Waals surface area (Å²) >= 11 is 1.67. The lowest BCUT2D eigenvalue weighted by Crippen LogP contribution is -2.39. The zero-order chi connectivity index (χ0) is 16.7. The van der Waals surface area contributed by atoms with E-state index < -0.39 is 0 Å². The summed E-state index contributed by atoms with van der Waals surface area (Å²) in [5.41, 5.74) is 0. The van der Waals surface area contributed by atoms with Crippen LogP contribution in [0.25, 0.3) is 0 Å². The molecule has 2 N–H and O–H groups in total. The molecule has 0 spiro atoms. The molecular weight excluding hydrogens is 313 g/mol. The molecule has 2 rings (SSSR count). The maximum Gasteiger partial charge on any atom is 0.191 e. The smallest absolute Gasteiger partial charge is 0.191 e. The second kappa shape index (κ2) is 8.62. The van der Waals surface area contributed by atoms with Gasteiger partial charge in [0.2, 0.25) is 0 Å². The number of aryl methyl sites for hydroxylation is 1. The summed E-state index contributed by atoms with van der Waals surface area (Å²) in [6, 6.07) is 10.5. The van der Waals surface area contributed by atoms with Crippen molar-refractivity contribution in [3.63, 3.8) is 0 Å². The Bertz CT molecular complexity index is 640. The molecule has 0 saturated carbocycles. The fourth-order valence-corrected chi connectivity index (χ4v) is 2.79. The van der Waals surface area contributed by atoms with E-state index in [1.54, 1.807) is 30.9 Å². The topological polar surface area (TPSA) is 49.6 Å². The lowest BCUT2D eigenvalue weighted by atomic mass is 10.2. The maximum atomic E-state index is 12.8. The lowest BCUT2D eigenvalue weighted by Gasteiger charge is -2.16. The minimum Gasteiger partial charge on any atom is -0.464 e. The number of furan rings is 1. The fourth-order valence-electron chi connectivity index (χ4n) is 2.03. The van der Waals surface area contributed by atoms with E-state index in [2.05, 4.69) is 15.6 Å². The molecule has 0 amide bonds.